The fourth-order valence-corrected chi connectivity index (χ4v) is 10.4. The van der Waals surface area contributed by atoms with Crippen LogP contribution in [0.15, 0.2) is 0 Å². The lowest BCUT2D eigenvalue weighted by atomic mass is 9.66. The molecule has 9 atom stereocenters. The molecule has 3 saturated carbocycles. The Morgan fingerprint density at radius 1 is 1.05 bits per heavy atom. The first-order chi connectivity index (χ1) is 18.2. The molecule has 0 aromatic carbocycles. The Morgan fingerprint density at radius 2 is 1.82 bits per heavy atom. The first-order valence-electron chi connectivity index (χ1n) is 15.3. The molecule has 2 amide bonds. The van der Waals surface area contributed by atoms with E-state index in [-0.39, 0.29) is 23.8 Å². The number of carbonyl (C=O) groups is 2. The Morgan fingerprint density at radius 3 is 2.58 bits per heavy atom. The lowest BCUT2D eigenvalue weighted by molar-refractivity contribution is -0.713. The van der Waals surface area contributed by atoms with Crippen LogP contribution in [-0.4, -0.2) is 73.8 Å². The molecule has 6 rings (SSSR count). The summed E-state index contributed by atoms with van der Waals surface area (Å²) in [7, 11) is -3.47. The molecular formula is C28H47N4O5S+. The molecule has 0 aromatic rings. The second-order valence-corrected chi connectivity index (χ2v) is 15.1. The molecule has 3 heterocycles. The maximum absolute atomic E-state index is 13.7. The fourth-order valence-electron chi connectivity index (χ4n) is 9.50. The summed E-state index contributed by atoms with van der Waals surface area (Å²) in [6, 6.07) is 1.33. The second-order valence-electron chi connectivity index (χ2n) is 13.3. The normalized spacial score (nSPS) is 43.5. The Bertz CT molecular complexity index is 1010. The third-order valence-corrected chi connectivity index (χ3v) is 12.7. The van der Waals surface area contributed by atoms with E-state index in [4.69, 9.17) is 9.88 Å². The van der Waals surface area contributed by atoms with E-state index in [0.717, 1.165) is 38.5 Å². The summed E-state index contributed by atoms with van der Waals surface area (Å²) in [5.74, 6) is 2.52. The number of amides is 2. The van der Waals surface area contributed by atoms with Crippen LogP contribution in [0.3, 0.4) is 0 Å². The first-order valence-corrected chi connectivity index (χ1v) is 16.9. The summed E-state index contributed by atoms with van der Waals surface area (Å²) in [5, 5.41) is 10.5. The zero-order chi connectivity index (χ0) is 26.6. The summed E-state index contributed by atoms with van der Waals surface area (Å²) in [6.07, 6.45) is 11.0. The summed E-state index contributed by atoms with van der Waals surface area (Å²) in [6.45, 7) is 3.57. The van der Waals surface area contributed by atoms with Gasteiger partial charge in [0.25, 0.3) is 0 Å². The maximum Gasteiger partial charge on any atom is 0.248 e. The molecule has 0 bridgehead atoms. The lowest BCUT2D eigenvalue weighted by Gasteiger charge is -2.50. The van der Waals surface area contributed by atoms with Crippen molar-refractivity contribution in [3.05, 3.63) is 0 Å². The van der Waals surface area contributed by atoms with Crippen molar-refractivity contribution in [2.24, 2.45) is 34.7 Å². The zero-order valence-corrected chi connectivity index (χ0v) is 23.6. The first kappa shape index (κ1) is 27.0. The van der Waals surface area contributed by atoms with E-state index < -0.39 is 21.4 Å². The molecule has 5 N–H and O–H groups in total. The summed E-state index contributed by atoms with van der Waals surface area (Å²) < 4.78 is 29.5. The Kier molecular flexibility index (Phi) is 7.55. The van der Waals surface area contributed by atoms with Gasteiger partial charge in [-0.15, -0.1) is 0 Å². The van der Waals surface area contributed by atoms with Gasteiger partial charge in [0, 0.05) is 30.8 Å². The number of ether oxygens (including phenoxy) is 1. The van der Waals surface area contributed by atoms with Crippen molar-refractivity contribution in [1.29, 1.82) is 0 Å². The monoisotopic (exact) mass is 551 g/mol. The van der Waals surface area contributed by atoms with Gasteiger partial charge >= 0.3 is 0 Å². The molecule has 0 spiro atoms. The van der Waals surface area contributed by atoms with Gasteiger partial charge in [-0.25, -0.2) is 13.6 Å². The Balaban J connectivity index is 1.03. The largest absolute Gasteiger partial charge is 0.365 e. The van der Waals surface area contributed by atoms with Crippen LogP contribution in [0.5, 0.6) is 0 Å². The minimum atomic E-state index is -3.47. The minimum absolute atomic E-state index is 0.0605. The molecule has 8 unspecified atom stereocenters. The van der Waals surface area contributed by atoms with Crippen molar-refractivity contribution >= 4 is 21.8 Å². The highest BCUT2D eigenvalue weighted by atomic mass is 32.2. The number of primary sulfonamides is 1. The van der Waals surface area contributed by atoms with Gasteiger partial charge in [0.05, 0.1) is 23.9 Å². The van der Waals surface area contributed by atoms with Gasteiger partial charge in [-0.1, -0.05) is 12.8 Å². The Hall–Kier alpha value is -1.23. The molecule has 6 aliphatic rings. The molecule has 3 aliphatic heterocycles. The summed E-state index contributed by atoms with van der Waals surface area (Å²) >= 11 is 0. The van der Waals surface area contributed by atoms with E-state index in [1.807, 2.05) is 6.92 Å². The second kappa shape index (κ2) is 10.6. The number of nitrogens with one attached hydrogen (secondary N) is 1. The number of fused-ring (bicyclic) bond motifs is 5. The molecule has 0 aromatic heterocycles. The predicted octanol–water partition coefficient (Wildman–Crippen LogP) is 0.875. The third kappa shape index (κ3) is 4.92. The number of sulfonamides is 1. The SMILES string of the molecule is C[C@@H](OC1CCC2C(C1)C1CC[NH2+]C3C4CCCCC4C(=O)N2C13)C(=O)NCC1CCC(S(N)(=O)=O)CC1. The Labute approximate surface area is 227 Å². The van der Waals surface area contributed by atoms with Crippen molar-refractivity contribution in [2.75, 3.05) is 13.1 Å². The van der Waals surface area contributed by atoms with E-state index >= 15 is 0 Å². The van der Waals surface area contributed by atoms with Crippen LogP contribution in [0.25, 0.3) is 0 Å². The van der Waals surface area contributed by atoms with Crippen molar-refractivity contribution in [3.63, 3.8) is 0 Å². The smallest absolute Gasteiger partial charge is 0.248 e. The van der Waals surface area contributed by atoms with Crippen LogP contribution in [0.4, 0.5) is 0 Å². The zero-order valence-electron chi connectivity index (χ0n) is 22.8. The van der Waals surface area contributed by atoms with Crippen LogP contribution < -0.4 is 15.8 Å². The van der Waals surface area contributed by atoms with E-state index in [1.165, 1.54) is 32.2 Å². The van der Waals surface area contributed by atoms with Gasteiger partial charge in [-0.2, -0.15) is 0 Å². The highest BCUT2D eigenvalue weighted by Gasteiger charge is 2.63. The van der Waals surface area contributed by atoms with Gasteiger partial charge in [0.15, 0.2) is 0 Å². The van der Waals surface area contributed by atoms with Gasteiger partial charge in [-0.05, 0) is 82.5 Å². The number of hydrogen-bond donors (Lipinski definition) is 3. The van der Waals surface area contributed by atoms with Crippen LogP contribution >= 0.6 is 0 Å². The highest BCUT2D eigenvalue weighted by molar-refractivity contribution is 7.89. The van der Waals surface area contributed by atoms with E-state index in [9.17, 15) is 18.0 Å². The lowest BCUT2D eigenvalue weighted by Crippen LogP contribution is -2.98. The molecule has 9 nitrogen and oxygen atoms in total. The number of quaternary nitrogens is 1. The molecule has 38 heavy (non-hydrogen) atoms. The van der Waals surface area contributed by atoms with Crippen molar-refractivity contribution in [1.82, 2.24) is 10.2 Å². The maximum atomic E-state index is 13.7. The van der Waals surface area contributed by atoms with Crippen molar-refractivity contribution in [3.8, 4) is 0 Å². The highest BCUT2D eigenvalue weighted by Crippen LogP contribution is 2.53. The topological polar surface area (TPSA) is 135 Å². The quantitative estimate of drug-likeness (QED) is 0.450. The van der Waals surface area contributed by atoms with E-state index in [2.05, 4.69) is 15.5 Å². The fraction of sp³-hybridized carbons (Fsp3) is 0.929. The number of piperidine rings is 2. The average molecular weight is 552 g/mol. The standard InChI is InChI=1S/C28H46N4O5S/c1-16(27(33)31-15-17-6-9-19(10-7-17)38(29,35)36)37-18-8-11-24-23(14-18)21-12-13-30-25-20-4-2-3-5-22(20)28(34)32(24)26(21)25/h16-26,30H,2-15H2,1H3,(H,31,33)(H2,29,35,36)/p+1/t16-,17?,18?,19?,20?,21?,22?,23?,24?,25?,26?/m1/s1. The molecule has 10 heteroatoms. The molecule has 214 valence electrons. The summed E-state index contributed by atoms with van der Waals surface area (Å²) in [5.41, 5.74) is 0. The van der Waals surface area contributed by atoms with Crippen LogP contribution in [0.1, 0.15) is 84.0 Å². The number of nitrogens with two attached hydrogens (primary N) is 2. The van der Waals surface area contributed by atoms with Crippen LogP contribution in [-0.2, 0) is 24.3 Å². The van der Waals surface area contributed by atoms with Crippen LogP contribution in [0, 0.1) is 29.6 Å². The number of rotatable bonds is 6. The van der Waals surface area contributed by atoms with Crippen molar-refractivity contribution < 1.29 is 28.1 Å². The number of nitrogens with zero attached hydrogens (tertiary/aromatic N) is 1. The molecule has 6 fully saturated rings. The van der Waals surface area contributed by atoms with Gasteiger partial charge in [0.1, 0.15) is 12.1 Å². The predicted molar refractivity (Wildman–Crippen MR) is 142 cm³/mol. The number of hydrogen-bond acceptors (Lipinski definition) is 5. The molecule has 0 radical (unpaired) electrons. The van der Waals surface area contributed by atoms with Gasteiger partial charge < -0.3 is 20.3 Å². The van der Waals surface area contributed by atoms with Crippen LogP contribution in [0.2, 0.25) is 0 Å². The minimum Gasteiger partial charge on any atom is -0.365 e. The average Bonchev–Trinajstić information content (AvgIpc) is 3.25. The van der Waals surface area contributed by atoms with Crippen molar-refractivity contribution in [2.45, 2.75) is 120 Å². The van der Waals surface area contributed by atoms with E-state index in [0.29, 0.717) is 61.2 Å². The third-order valence-electron chi connectivity index (χ3n) is 11.3. The van der Waals surface area contributed by atoms with Gasteiger partial charge in [0.2, 0.25) is 21.8 Å². The van der Waals surface area contributed by atoms with Gasteiger partial charge in [-0.3, -0.25) is 9.59 Å². The number of carbonyl (C=O) groups excluding carboxylic acids is 2. The van der Waals surface area contributed by atoms with E-state index in [1.54, 1.807) is 0 Å². The molecular weight excluding hydrogens is 504 g/mol. The summed E-state index contributed by atoms with van der Waals surface area (Å²) in [4.78, 5) is 29.0. The molecule has 3 aliphatic carbocycles. The molecule has 3 saturated heterocycles.